The van der Waals surface area contributed by atoms with Crippen molar-refractivity contribution in [1.82, 2.24) is 9.88 Å². The second-order valence-corrected chi connectivity index (χ2v) is 6.04. The highest BCUT2D eigenvalue weighted by Crippen LogP contribution is 2.37. The van der Waals surface area contributed by atoms with Gasteiger partial charge in [0.1, 0.15) is 10.8 Å². The second kappa shape index (κ2) is 5.73. The van der Waals surface area contributed by atoms with Crippen molar-refractivity contribution in [3.8, 4) is 0 Å². The van der Waals surface area contributed by atoms with Crippen LogP contribution in [0.4, 0.5) is 0 Å². The van der Waals surface area contributed by atoms with E-state index in [1.54, 1.807) is 17.7 Å². The topological polar surface area (TPSA) is 54.3 Å². The van der Waals surface area contributed by atoms with Gasteiger partial charge in [-0.15, -0.1) is 0 Å². The standard InChI is InChI=1S/C13H18Cl2N2O2/c1-17-10(6-9(14)11(17)15)12(19)16-7-13(8-18)4-2-3-5-13/h6,18H,2-5,7-8H2,1H3,(H,16,19). The molecule has 1 heterocycles. The van der Waals surface area contributed by atoms with Gasteiger partial charge in [-0.05, 0) is 18.9 Å². The number of hydrogen-bond acceptors (Lipinski definition) is 2. The van der Waals surface area contributed by atoms with Crippen LogP contribution >= 0.6 is 23.2 Å². The number of amides is 1. The molecule has 4 nitrogen and oxygen atoms in total. The van der Waals surface area contributed by atoms with Crippen LogP contribution in [0.2, 0.25) is 10.2 Å². The molecule has 2 rings (SSSR count). The largest absolute Gasteiger partial charge is 0.396 e. The SMILES string of the molecule is Cn1c(C(=O)NCC2(CO)CCCC2)cc(Cl)c1Cl. The molecule has 0 bridgehead atoms. The minimum atomic E-state index is -0.212. The van der Waals surface area contributed by atoms with E-state index < -0.39 is 0 Å². The summed E-state index contributed by atoms with van der Waals surface area (Å²) in [6.07, 6.45) is 4.13. The Kier molecular flexibility index (Phi) is 4.43. The number of carbonyl (C=O) groups excluding carboxylic acids is 1. The average Bonchev–Trinajstić information content (AvgIpc) is 2.98. The first kappa shape index (κ1) is 14.7. The molecule has 0 saturated heterocycles. The Morgan fingerprint density at radius 1 is 1.47 bits per heavy atom. The molecule has 0 spiro atoms. The van der Waals surface area contributed by atoms with Crippen LogP contribution in [0.3, 0.4) is 0 Å². The molecular weight excluding hydrogens is 287 g/mol. The molecule has 0 atom stereocenters. The summed E-state index contributed by atoms with van der Waals surface area (Å²) < 4.78 is 1.56. The molecule has 19 heavy (non-hydrogen) atoms. The number of rotatable bonds is 4. The number of hydrogen-bond donors (Lipinski definition) is 2. The van der Waals surface area contributed by atoms with Gasteiger partial charge in [0.15, 0.2) is 0 Å². The maximum absolute atomic E-state index is 12.1. The molecule has 6 heteroatoms. The summed E-state index contributed by atoms with van der Waals surface area (Å²) in [7, 11) is 1.69. The third kappa shape index (κ3) is 2.91. The van der Waals surface area contributed by atoms with Gasteiger partial charge in [0.05, 0.1) is 11.6 Å². The molecule has 1 saturated carbocycles. The van der Waals surface area contributed by atoms with Gasteiger partial charge in [0.25, 0.3) is 5.91 Å². The van der Waals surface area contributed by atoms with Crippen molar-refractivity contribution in [3.05, 3.63) is 21.9 Å². The van der Waals surface area contributed by atoms with Crippen LogP contribution in [0, 0.1) is 5.41 Å². The Labute approximate surface area is 122 Å². The highest BCUT2D eigenvalue weighted by molar-refractivity contribution is 6.41. The molecule has 1 aromatic heterocycles. The Hall–Kier alpha value is -0.710. The lowest BCUT2D eigenvalue weighted by atomic mass is 9.87. The number of aliphatic hydroxyl groups is 1. The fourth-order valence-corrected chi connectivity index (χ4v) is 3.01. The van der Waals surface area contributed by atoms with Gasteiger partial charge >= 0.3 is 0 Å². The van der Waals surface area contributed by atoms with E-state index in [1.807, 2.05) is 0 Å². The summed E-state index contributed by atoms with van der Waals surface area (Å²) in [4.78, 5) is 12.1. The molecule has 1 amide bonds. The molecule has 1 fully saturated rings. The minimum absolute atomic E-state index is 0.113. The van der Waals surface area contributed by atoms with Crippen LogP contribution in [0.25, 0.3) is 0 Å². The molecule has 0 unspecified atom stereocenters. The lowest BCUT2D eigenvalue weighted by Gasteiger charge is -2.26. The van der Waals surface area contributed by atoms with Crippen LogP contribution in [0.15, 0.2) is 6.07 Å². The first-order chi connectivity index (χ1) is 8.99. The van der Waals surface area contributed by atoms with Crippen LogP contribution < -0.4 is 5.32 Å². The van der Waals surface area contributed by atoms with Crippen molar-refractivity contribution in [3.63, 3.8) is 0 Å². The van der Waals surface area contributed by atoms with Gasteiger partial charge in [-0.25, -0.2) is 0 Å². The fourth-order valence-electron chi connectivity index (χ4n) is 2.63. The van der Waals surface area contributed by atoms with Crippen molar-refractivity contribution in [2.45, 2.75) is 25.7 Å². The van der Waals surface area contributed by atoms with E-state index in [-0.39, 0.29) is 17.9 Å². The lowest BCUT2D eigenvalue weighted by Crippen LogP contribution is -2.38. The number of carbonyl (C=O) groups is 1. The molecule has 1 aliphatic rings. The van der Waals surface area contributed by atoms with Crippen LogP contribution in [-0.4, -0.2) is 28.7 Å². The van der Waals surface area contributed by atoms with Crippen molar-refractivity contribution in [2.24, 2.45) is 12.5 Å². The van der Waals surface area contributed by atoms with E-state index in [0.29, 0.717) is 22.4 Å². The zero-order chi connectivity index (χ0) is 14.0. The highest BCUT2D eigenvalue weighted by atomic mass is 35.5. The van der Waals surface area contributed by atoms with Crippen LogP contribution in [0.5, 0.6) is 0 Å². The smallest absolute Gasteiger partial charge is 0.268 e. The number of nitrogens with zero attached hydrogens (tertiary/aromatic N) is 1. The second-order valence-electron chi connectivity index (χ2n) is 5.28. The van der Waals surface area contributed by atoms with Gasteiger partial charge in [0, 0.05) is 19.0 Å². The van der Waals surface area contributed by atoms with Crippen molar-refractivity contribution in [2.75, 3.05) is 13.2 Å². The normalized spacial score (nSPS) is 17.7. The average molecular weight is 305 g/mol. The lowest BCUT2D eigenvalue weighted by molar-refractivity contribution is 0.0873. The predicted molar refractivity (Wildman–Crippen MR) is 75.8 cm³/mol. The molecule has 106 valence electrons. The van der Waals surface area contributed by atoms with Gasteiger partial charge < -0.3 is 15.0 Å². The maximum Gasteiger partial charge on any atom is 0.268 e. The van der Waals surface area contributed by atoms with Crippen molar-refractivity contribution < 1.29 is 9.90 Å². The third-order valence-electron chi connectivity index (χ3n) is 3.97. The molecule has 0 radical (unpaired) electrons. The Morgan fingerprint density at radius 3 is 2.58 bits per heavy atom. The van der Waals surface area contributed by atoms with E-state index in [2.05, 4.69) is 5.32 Å². The Balaban J connectivity index is 2.03. The molecule has 0 aromatic carbocycles. The summed E-state index contributed by atoms with van der Waals surface area (Å²) >= 11 is 11.8. The summed E-state index contributed by atoms with van der Waals surface area (Å²) in [6, 6.07) is 1.56. The monoisotopic (exact) mass is 304 g/mol. The zero-order valence-electron chi connectivity index (χ0n) is 10.9. The van der Waals surface area contributed by atoms with E-state index in [4.69, 9.17) is 23.2 Å². The van der Waals surface area contributed by atoms with Gasteiger partial charge in [-0.1, -0.05) is 36.0 Å². The third-order valence-corrected chi connectivity index (χ3v) is 4.81. The van der Waals surface area contributed by atoms with E-state index >= 15 is 0 Å². The summed E-state index contributed by atoms with van der Waals surface area (Å²) in [5, 5.41) is 13.1. The van der Waals surface area contributed by atoms with Crippen molar-refractivity contribution in [1.29, 1.82) is 0 Å². The Bertz CT molecular complexity index is 479. The molecule has 1 aliphatic carbocycles. The number of halogens is 2. The van der Waals surface area contributed by atoms with Gasteiger partial charge in [-0.3, -0.25) is 4.79 Å². The first-order valence-electron chi connectivity index (χ1n) is 6.39. The van der Waals surface area contributed by atoms with Crippen LogP contribution in [-0.2, 0) is 7.05 Å². The minimum Gasteiger partial charge on any atom is -0.396 e. The highest BCUT2D eigenvalue weighted by Gasteiger charge is 2.33. The van der Waals surface area contributed by atoms with E-state index in [0.717, 1.165) is 25.7 Å². The summed E-state index contributed by atoms with van der Waals surface area (Å²) in [5.74, 6) is -0.212. The predicted octanol–water partition coefficient (Wildman–Crippen LogP) is 2.61. The summed E-state index contributed by atoms with van der Waals surface area (Å²) in [5.41, 5.74) is 0.273. The van der Waals surface area contributed by atoms with Crippen LogP contribution in [0.1, 0.15) is 36.2 Å². The molecule has 1 aromatic rings. The maximum atomic E-state index is 12.1. The number of nitrogens with one attached hydrogen (secondary N) is 1. The molecule has 2 N–H and O–H groups in total. The van der Waals surface area contributed by atoms with E-state index in [9.17, 15) is 9.90 Å². The molecule has 0 aliphatic heterocycles. The van der Waals surface area contributed by atoms with Gasteiger partial charge in [-0.2, -0.15) is 0 Å². The van der Waals surface area contributed by atoms with Gasteiger partial charge in [0.2, 0.25) is 0 Å². The molecular formula is C13H18Cl2N2O2. The summed E-state index contributed by atoms with van der Waals surface area (Å²) in [6.45, 7) is 0.602. The Morgan fingerprint density at radius 2 is 2.11 bits per heavy atom. The quantitative estimate of drug-likeness (QED) is 0.898. The van der Waals surface area contributed by atoms with Crippen molar-refractivity contribution >= 4 is 29.1 Å². The first-order valence-corrected chi connectivity index (χ1v) is 7.14. The fraction of sp³-hybridized carbons (Fsp3) is 0.615. The number of aromatic nitrogens is 1. The zero-order valence-corrected chi connectivity index (χ0v) is 12.4. The van der Waals surface area contributed by atoms with E-state index in [1.165, 1.54) is 0 Å². The number of aliphatic hydroxyl groups excluding tert-OH is 1.